The Morgan fingerprint density at radius 3 is 2.91 bits per heavy atom. The molecule has 0 aromatic carbocycles. The van der Waals surface area contributed by atoms with Gasteiger partial charge >= 0.3 is 0 Å². The van der Waals surface area contributed by atoms with E-state index in [2.05, 4.69) is 4.98 Å². The number of methoxy groups -OCH3 is 1. The number of carbonyl (C=O) groups excluding carboxylic acids is 2. The third-order valence-electron chi connectivity index (χ3n) is 7.40. The van der Waals surface area contributed by atoms with E-state index in [0.29, 0.717) is 19.7 Å². The molecule has 8 nitrogen and oxygen atoms in total. The number of likely N-dealkylation sites (tertiary alicyclic amines) is 2. The number of ether oxygens (including phenoxy) is 2. The van der Waals surface area contributed by atoms with Crippen molar-refractivity contribution in [1.82, 2.24) is 14.8 Å². The van der Waals surface area contributed by atoms with Gasteiger partial charge in [-0.25, -0.2) is 4.98 Å². The fraction of sp³-hybridized carbons (Fsp3) is 0.609. The molecule has 172 valence electrons. The average molecular weight is 445 g/mol. The molecule has 0 aliphatic carbocycles. The number of pyridine rings is 1. The molecular formula is C23H28FN3O5. The van der Waals surface area contributed by atoms with Crippen molar-refractivity contribution in [3.63, 3.8) is 0 Å². The van der Waals surface area contributed by atoms with Gasteiger partial charge in [-0.1, -0.05) is 18.2 Å². The normalized spacial score (nSPS) is 32.6. The Morgan fingerprint density at radius 2 is 2.19 bits per heavy atom. The Bertz CT molecular complexity index is 947. The fourth-order valence-electron chi connectivity index (χ4n) is 5.76. The average Bonchev–Trinajstić information content (AvgIpc) is 3.42. The van der Waals surface area contributed by atoms with Gasteiger partial charge in [0, 0.05) is 45.1 Å². The van der Waals surface area contributed by atoms with Gasteiger partial charge < -0.3 is 24.4 Å². The number of halogens is 1. The summed E-state index contributed by atoms with van der Waals surface area (Å²) in [4.78, 5) is 33.8. The molecule has 4 atom stereocenters. The third kappa shape index (κ3) is 3.25. The Morgan fingerprint density at radius 1 is 1.41 bits per heavy atom. The van der Waals surface area contributed by atoms with Gasteiger partial charge in [-0.3, -0.25) is 9.59 Å². The van der Waals surface area contributed by atoms with Crippen LogP contribution in [0.25, 0.3) is 0 Å². The van der Waals surface area contributed by atoms with E-state index in [0.717, 1.165) is 6.42 Å². The minimum absolute atomic E-state index is 0.0442. The smallest absolute Gasteiger partial charge is 0.230 e. The van der Waals surface area contributed by atoms with E-state index in [9.17, 15) is 19.1 Å². The number of fused-ring (bicyclic) bond motifs is 1. The molecule has 32 heavy (non-hydrogen) atoms. The number of aliphatic hydroxyl groups is 1. The van der Waals surface area contributed by atoms with Crippen molar-refractivity contribution < 1.29 is 28.6 Å². The van der Waals surface area contributed by atoms with Crippen LogP contribution < -0.4 is 0 Å². The third-order valence-corrected chi connectivity index (χ3v) is 7.40. The van der Waals surface area contributed by atoms with Crippen LogP contribution in [0.4, 0.5) is 4.39 Å². The standard InChI is InChI=1S/C23H28FN3O5/c1-31-13-3-10-27-14-23-6-5-16(32-23)17(18(23)21(27)29)20(28)26-11-7-22(30,8-12-26)15-4-2-9-25-19(15)24/h2,4-6,9,16-18,30H,3,7-8,10-14H2,1H3/t16-,17-,18+,23-/m0/s1. The highest BCUT2D eigenvalue weighted by molar-refractivity contribution is 5.93. The highest BCUT2D eigenvalue weighted by atomic mass is 19.1. The molecule has 3 fully saturated rings. The molecule has 0 saturated carbocycles. The maximum Gasteiger partial charge on any atom is 0.230 e. The second-order valence-electron chi connectivity index (χ2n) is 9.20. The Hall–Kier alpha value is -2.36. The van der Waals surface area contributed by atoms with Crippen molar-refractivity contribution in [2.45, 2.75) is 36.6 Å². The summed E-state index contributed by atoms with van der Waals surface area (Å²) in [5, 5.41) is 11.0. The lowest BCUT2D eigenvalue weighted by Gasteiger charge is -2.40. The van der Waals surface area contributed by atoms with E-state index in [1.165, 1.54) is 12.3 Å². The van der Waals surface area contributed by atoms with Crippen LogP contribution in [0.1, 0.15) is 24.8 Å². The Labute approximate surface area is 186 Å². The molecule has 1 aromatic rings. The van der Waals surface area contributed by atoms with Crippen LogP contribution >= 0.6 is 0 Å². The lowest BCUT2D eigenvalue weighted by Crippen LogP contribution is -2.51. The number of aromatic nitrogens is 1. The fourth-order valence-corrected chi connectivity index (χ4v) is 5.76. The number of hydrogen-bond acceptors (Lipinski definition) is 6. The lowest BCUT2D eigenvalue weighted by molar-refractivity contribution is -0.146. The second kappa shape index (κ2) is 7.90. The zero-order valence-corrected chi connectivity index (χ0v) is 18.1. The molecule has 9 heteroatoms. The van der Waals surface area contributed by atoms with Crippen LogP contribution in [0.15, 0.2) is 30.5 Å². The van der Waals surface area contributed by atoms with Crippen molar-refractivity contribution in [3.05, 3.63) is 42.0 Å². The maximum absolute atomic E-state index is 14.1. The molecule has 0 radical (unpaired) electrons. The van der Waals surface area contributed by atoms with E-state index in [-0.39, 0.29) is 43.3 Å². The summed E-state index contributed by atoms with van der Waals surface area (Å²) in [7, 11) is 1.63. The van der Waals surface area contributed by atoms with Gasteiger partial charge in [-0.15, -0.1) is 0 Å². The molecule has 5 rings (SSSR count). The van der Waals surface area contributed by atoms with E-state index in [1.807, 2.05) is 12.2 Å². The van der Waals surface area contributed by atoms with E-state index in [1.54, 1.807) is 23.0 Å². The second-order valence-corrected chi connectivity index (χ2v) is 9.20. The molecule has 3 saturated heterocycles. The summed E-state index contributed by atoms with van der Waals surface area (Å²) in [5.41, 5.74) is -1.93. The summed E-state index contributed by atoms with van der Waals surface area (Å²) < 4.78 is 25.4. The molecule has 1 N–H and O–H groups in total. The molecule has 1 aromatic heterocycles. The van der Waals surface area contributed by atoms with Crippen LogP contribution in [-0.4, -0.2) is 83.3 Å². The number of piperidine rings is 1. The minimum Gasteiger partial charge on any atom is -0.385 e. The summed E-state index contributed by atoms with van der Waals surface area (Å²) in [6, 6.07) is 3.13. The molecule has 0 unspecified atom stereocenters. The molecule has 1 spiro atoms. The van der Waals surface area contributed by atoms with Gasteiger partial charge in [0.25, 0.3) is 0 Å². The number of amides is 2. The topological polar surface area (TPSA) is 92.2 Å². The van der Waals surface area contributed by atoms with Crippen LogP contribution in [0.5, 0.6) is 0 Å². The number of carbonyl (C=O) groups is 2. The lowest BCUT2D eigenvalue weighted by atomic mass is 9.76. The van der Waals surface area contributed by atoms with Gasteiger partial charge in [-0.05, 0) is 25.3 Å². The summed E-state index contributed by atoms with van der Waals surface area (Å²) in [6.45, 7) is 2.15. The summed E-state index contributed by atoms with van der Waals surface area (Å²) in [6.07, 6.45) is 5.93. The monoisotopic (exact) mass is 445 g/mol. The van der Waals surface area contributed by atoms with Crippen LogP contribution in [0.2, 0.25) is 0 Å². The maximum atomic E-state index is 14.1. The number of rotatable bonds is 6. The van der Waals surface area contributed by atoms with Gasteiger partial charge in [0.15, 0.2) is 0 Å². The van der Waals surface area contributed by atoms with Gasteiger partial charge in [0.2, 0.25) is 17.8 Å². The molecular weight excluding hydrogens is 417 g/mol. The molecule has 4 aliphatic heterocycles. The van der Waals surface area contributed by atoms with E-state index >= 15 is 0 Å². The first kappa shape index (κ1) is 21.5. The zero-order valence-electron chi connectivity index (χ0n) is 18.1. The quantitative estimate of drug-likeness (QED) is 0.397. The minimum atomic E-state index is -1.36. The van der Waals surface area contributed by atoms with Gasteiger partial charge in [0.05, 0.1) is 30.1 Å². The largest absolute Gasteiger partial charge is 0.385 e. The molecule has 2 amide bonds. The van der Waals surface area contributed by atoms with Gasteiger partial charge in [-0.2, -0.15) is 4.39 Å². The van der Waals surface area contributed by atoms with Crippen LogP contribution in [-0.2, 0) is 24.7 Å². The Kier molecular flexibility index (Phi) is 5.30. The molecule has 2 bridgehead atoms. The van der Waals surface area contributed by atoms with E-state index < -0.39 is 35.1 Å². The van der Waals surface area contributed by atoms with Crippen LogP contribution in [0.3, 0.4) is 0 Å². The SMILES string of the molecule is COCCCN1C[C@]23C=C[C@H](O2)[C@H](C(=O)N2CCC(O)(c4cccnc4F)CC2)[C@@H]3C1=O. The van der Waals surface area contributed by atoms with Crippen molar-refractivity contribution in [2.75, 3.05) is 39.9 Å². The summed E-state index contributed by atoms with van der Waals surface area (Å²) in [5.74, 6) is -1.96. The predicted octanol–water partition coefficient (Wildman–Crippen LogP) is 0.849. The predicted molar refractivity (Wildman–Crippen MR) is 111 cm³/mol. The van der Waals surface area contributed by atoms with Crippen molar-refractivity contribution >= 4 is 11.8 Å². The van der Waals surface area contributed by atoms with Gasteiger partial charge in [0.1, 0.15) is 5.60 Å². The highest BCUT2D eigenvalue weighted by Crippen LogP contribution is 2.52. The number of nitrogens with zero attached hydrogens (tertiary/aromatic N) is 3. The first-order chi connectivity index (χ1) is 15.4. The van der Waals surface area contributed by atoms with Crippen molar-refractivity contribution in [3.8, 4) is 0 Å². The Balaban J connectivity index is 1.29. The first-order valence-electron chi connectivity index (χ1n) is 11.2. The first-order valence-corrected chi connectivity index (χ1v) is 11.2. The highest BCUT2D eigenvalue weighted by Gasteiger charge is 2.67. The number of hydrogen-bond donors (Lipinski definition) is 1. The molecule has 5 heterocycles. The van der Waals surface area contributed by atoms with Crippen molar-refractivity contribution in [1.29, 1.82) is 0 Å². The zero-order chi connectivity index (χ0) is 22.5. The van der Waals surface area contributed by atoms with Crippen molar-refractivity contribution in [2.24, 2.45) is 11.8 Å². The summed E-state index contributed by atoms with van der Waals surface area (Å²) >= 11 is 0. The molecule has 4 aliphatic rings. The van der Waals surface area contributed by atoms with Crippen LogP contribution in [0, 0.1) is 17.8 Å². The van der Waals surface area contributed by atoms with E-state index in [4.69, 9.17) is 9.47 Å².